The van der Waals surface area contributed by atoms with E-state index in [1.54, 1.807) is 38.6 Å². The quantitative estimate of drug-likeness (QED) is 0.845. The molecule has 0 saturated carbocycles. The van der Waals surface area contributed by atoms with Crippen molar-refractivity contribution in [3.8, 4) is 11.5 Å². The molecule has 0 spiro atoms. The number of carbonyl (C=O) groups is 1. The first kappa shape index (κ1) is 16.4. The Morgan fingerprint density at radius 3 is 2.38 bits per heavy atom. The van der Waals surface area contributed by atoms with Crippen LogP contribution in [0, 0.1) is 5.92 Å². The Bertz CT molecular complexity index is 655. The summed E-state index contributed by atoms with van der Waals surface area (Å²) in [7, 11) is 3.18. The van der Waals surface area contributed by atoms with Crippen molar-refractivity contribution >= 4 is 5.91 Å². The average Bonchev–Trinajstić information content (AvgIpc) is 3.14. The van der Waals surface area contributed by atoms with Crippen LogP contribution >= 0.6 is 0 Å². The maximum atomic E-state index is 12.8. The minimum absolute atomic E-state index is 0.0354. The van der Waals surface area contributed by atoms with Crippen LogP contribution in [0.1, 0.15) is 23.2 Å². The van der Waals surface area contributed by atoms with Crippen molar-refractivity contribution in [1.82, 2.24) is 14.5 Å². The molecule has 1 aliphatic heterocycles. The molecule has 0 aliphatic carbocycles. The number of methoxy groups -OCH3 is 2. The van der Waals surface area contributed by atoms with E-state index in [4.69, 9.17) is 9.47 Å². The minimum Gasteiger partial charge on any atom is -0.497 e. The van der Waals surface area contributed by atoms with E-state index in [1.165, 1.54) is 0 Å². The van der Waals surface area contributed by atoms with E-state index in [-0.39, 0.29) is 5.91 Å². The monoisotopic (exact) mass is 329 g/mol. The molecular weight excluding hydrogens is 306 g/mol. The van der Waals surface area contributed by atoms with Crippen LogP contribution < -0.4 is 9.47 Å². The zero-order valence-corrected chi connectivity index (χ0v) is 14.1. The van der Waals surface area contributed by atoms with Gasteiger partial charge in [-0.05, 0) is 30.9 Å². The van der Waals surface area contributed by atoms with Crippen LogP contribution in [0.25, 0.3) is 0 Å². The number of amides is 1. The van der Waals surface area contributed by atoms with Crippen molar-refractivity contribution in [3.63, 3.8) is 0 Å². The maximum absolute atomic E-state index is 12.8. The standard InChI is InChI=1S/C18H23N3O3/c1-23-16-9-15(10-17(11-16)24-2)18(22)21-6-3-14(4-7-21)12-20-8-5-19-13-20/h5,8-11,13-14H,3-4,6-7,12H2,1-2H3. The van der Waals surface area contributed by atoms with Gasteiger partial charge in [0, 0.05) is 43.7 Å². The minimum atomic E-state index is 0.0354. The first-order valence-electron chi connectivity index (χ1n) is 8.17. The summed E-state index contributed by atoms with van der Waals surface area (Å²) in [6.07, 6.45) is 7.64. The number of aromatic nitrogens is 2. The van der Waals surface area contributed by atoms with Crippen molar-refractivity contribution in [2.24, 2.45) is 5.92 Å². The molecule has 6 heteroatoms. The molecule has 6 nitrogen and oxygen atoms in total. The first-order valence-corrected chi connectivity index (χ1v) is 8.17. The maximum Gasteiger partial charge on any atom is 0.254 e. The predicted molar refractivity (Wildman–Crippen MR) is 90.4 cm³/mol. The number of ether oxygens (including phenoxy) is 2. The van der Waals surface area contributed by atoms with Gasteiger partial charge >= 0.3 is 0 Å². The lowest BCUT2D eigenvalue weighted by Gasteiger charge is -2.32. The van der Waals surface area contributed by atoms with Crippen molar-refractivity contribution < 1.29 is 14.3 Å². The molecular formula is C18H23N3O3. The number of hydrogen-bond acceptors (Lipinski definition) is 4. The molecule has 2 heterocycles. The summed E-state index contributed by atoms with van der Waals surface area (Å²) in [5, 5.41) is 0. The van der Waals surface area contributed by atoms with Gasteiger partial charge in [0.25, 0.3) is 5.91 Å². The van der Waals surface area contributed by atoms with Crippen molar-refractivity contribution in [3.05, 3.63) is 42.5 Å². The van der Waals surface area contributed by atoms with Crippen LogP contribution in [-0.2, 0) is 6.54 Å². The SMILES string of the molecule is COc1cc(OC)cc(C(=O)N2CCC(Cn3ccnc3)CC2)c1. The molecule has 128 valence electrons. The smallest absolute Gasteiger partial charge is 0.254 e. The van der Waals surface area contributed by atoms with E-state index in [0.29, 0.717) is 23.0 Å². The number of benzene rings is 1. The van der Waals surface area contributed by atoms with Gasteiger partial charge in [0.05, 0.1) is 20.5 Å². The Kier molecular flexibility index (Phi) is 5.03. The van der Waals surface area contributed by atoms with E-state index >= 15 is 0 Å². The van der Waals surface area contributed by atoms with Crippen LogP contribution in [0.4, 0.5) is 0 Å². The summed E-state index contributed by atoms with van der Waals surface area (Å²) in [6.45, 7) is 2.52. The zero-order valence-electron chi connectivity index (χ0n) is 14.1. The van der Waals surface area contributed by atoms with Crippen molar-refractivity contribution in [2.45, 2.75) is 19.4 Å². The van der Waals surface area contributed by atoms with Gasteiger partial charge < -0.3 is 18.9 Å². The molecule has 24 heavy (non-hydrogen) atoms. The highest BCUT2D eigenvalue weighted by Gasteiger charge is 2.24. The molecule has 1 saturated heterocycles. The van der Waals surface area contributed by atoms with Gasteiger partial charge in [-0.15, -0.1) is 0 Å². The fourth-order valence-electron chi connectivity index (χ4n) is 3.12. The third-order valence-electron chi connectivity index (χ3n) is 4.53. The molecule has 0 bridgehead atoms. The lowest BCUT2D eigenvalue weighted by molar-refractivity contribution is 0.0682. The van der Waals surface area contributed by atoms with E-state index < -0.39 is 0 Å². The zero-order chi connectivity index (χ0) is 16.9. The molecule has 3 rings (SSSR count). The molecule has 1 aromatic carbocycles. The summed E-state index contributed by atoms with van der Waals surface area (Å²) in [5.74, 6) is 1.89. The number of imidazole rings is 1. The highest BCUT2D eigenvalue weighted by Crippen LogP contribution is 2.25. The largest absolute Gasteiger partial charge is 0.497 e. The predicted octanol–water partition coefficient (Wildman–Crippen LogP) is 2.45. The Balaban J connectivity index is 1.62. The molecule has 1 aromatic heterocycles. The molecule has 1 aliphatic rings. The fourth-order valence-corrected chi connectivity index (χ4v) is 3.12. The second-order valence-corrected chi connectivity index (χ2v) is 6.10. The van der Waals surface area contributed by atoms with Crippen molar-refractivity contribution in [2.75, 3.05) is 27.3 Å². The molecule has 0 N–H and O–H groups in total. The van der Waals surface area contributed by atoms with Gasteiger partial charge in [-0.1, -0.05) is 0 Å². The van der Waals surface area contributed by atoms with E-state index in [9.17, 15) is 4.79 Å². The second kappa shape index (κ2) is 7.38. The van der Waals surface area contributed by atoms with E-state index in [2.05, 4.69) is 9.55 Å². The van der Waals surface area contributed by atoms with Gasteiger partial charge in [-0.25, -0.2) is 4.98 Å². The Morgan fingerprint density at radius 2 is 1.83 bits per heavy atom. The fraction of sp³-hybridized carbons (Fsp3) is 0.444. The number of nitrogens with zero attached hydrogens (tertiary/aromatic N) is 3. The van der Waals surface area contributed by atoms with Crippen LogP contribution in [0.5, 0.6) is 11.5 Å². The summed E-state index contributed by atoms with van der Waals surface area (Å²) < 4.78 is 12.6. The number of rotatable bonds is 5. The summed E-state index contributed by atoms with van der Waals surface area (Å²) in [4.78, 5) is 18.8. The molecule has 1 amide bonds. The van der Waals surface area contributed by atoms with Gasteiger partial charge in [0.2, 0.25) is 0 Å². The molecule has 0 atom stereocenters. The molecule has 0 radical (unpaired) electrons. The van der Waals surface area contributed by atoms with Gasteiger partial charge in [-0.3, -0.25) is 4.79 Å². The Hall–Kier alpha value is -2.50. The topological polar surface area (TPSA) is 56.6 Å². The second-order valence-electron chi connectivity index (χ2n) is 6.10. The van der Waals surface area contributed by atoms with Gasteiger partial charge in [0.15, 0.2) is 0 Å². The van der Waals surface area contributed by atoms with Gasteiger partial charge in [0.1, 0.15) is 11.5 Å². The molecule has 2 aromatic rings. The molecule has 1 fully saturated rings. The number of hydrogen-bond donors (Lipinski definition) is 0. The third-order valence-corrected chi connectivity index (χ3v) is 4.53. The van der Waals surface area contributed by atoms with Crippen molar-refractivity contribution in [1.29, 1.82) is 0 Å². The molecule has 0 unspecified atom stereocenters. The van der Waals surface area contributed by atoms with E-state index in [1.807, 2.05) is 17.4 Å². The summed E-state index contributed by atoms with van der Waals surface area (Å²) >= 11 is 0. The lowest BCUT2D eigenvalue weighted by atomic mass is 9.96. The first-order chi connectivity index (χ1) is 11.7. The highest BCUT2D eigenvalue weighted by atomic mass is 16.5. The normalized spacial score (nSPS) is 15.3. The van der Waals surface area contributed by atoms with E-state index in [0.717, 1.165) is 32.5 Å². The summed E-state index contributed by atoms with van der Waals surface area (Å²) in [5.41, 5.74) is 0.610. The lowest BCUT2D eigenvalue weighted by Crippen LogP contribution is -2.39. The Morgan fingerprint density at radius 1 is 1.17 bits per heavy atom. The Labute approximate surface area is 142 Å². The average molecular weight is 329 g/mol. The third kappa shape index (κ3) is 3.69. The van der Waals surface area contributed by atoms with Crippen LogP contribution in [-0.4, -0.2) is 47.7 Å². The van der Waals surface area contributed by atoms with Crippen LogP contribution in [0.15, 0.2) is 36.9 Å². The van der Waals surface area contributed by atoms with Gasteiger partial charge in [-0.2, -0.15) is 0 Å². The highest BCUT2D eigenvalue weighted by molar-refractivity contribution is 5.95. The van der Waals surface area contributed by atoms with Crippen LogP contribution in [0.2, 0.25) is 0 Å². The number of carbonyl (C=O) groups excluding carboxylic acids is 1. The van der Waals surface area contributed by atoms with Crippen LogP contribution in [0.3, 0.4) is 0 Å². The summed E-state index contributed by atoms with van der Waals surface area (Å²) in [6, 6.07) is 5.30. The number of piperidine rings is 1. The number of likely N-dealkylation sites (tertiary alicyclic amines) is 1.